The van der Waals surface area contributed by atoms with Gasteiger partial charge in [-0.3, -0.25) is 0 Å². The molecule has 0 unspecified atom stereocenters. The Labute approximate surface area is 96.7 Å². The zero-order valence-corrected chi connectivity index (χ0v) is 11.2. The Kier molecular flexibility index (Phi) is 4.12. The molecule has 0 saturated carbocycles. The number of hydrogen-bond acceptors (Lipinski definition) is 3. The lowest BCUT2D eigenvalue weighted by Gasteiger charge is -2.00. The first-order valence-corrected chi connectivity index (χ1v) is 7.63. The molecule has 1 rings (SSSR count). The Morgan fingerprint density at radius 1 is 1.50 bits per heavy atom. The van der Waals surface area contributed by atoms with Crippen molar-refractivity contribution in [3.63, 3.8) is 0 Å². The number of thiophene rings is 1. The van der Waals surface area contributed by atoms with Crippen LogP contribution in [0.4, 0.5) is 0 Å². The van der Waals surface area contributed by atoms with Gasteiger partial charge in [-0.05, 0) is 25.5 Å². The van der Waals surface area contributed by atoms with Crippen LogP contribution in [0.1, 0.15) is 15.3 Å². The van der Waals surface area contributed by atoms with E-state index in [4.69, 9.17) is 0 Å². The van der Waals surface area contributed by atoms with Crippen molar-refractivity contribution in [2.75, 3.05) is 4.66 Å². The van der Waals surface area contributed by atoms with E-state index in [1.807, 2.05) is 19.9 Å². The van der Waals surface area contributed by atoms with E-state index in [2.05, 4.69) is 20.7 Å². The fraction of sp³-hybridized carbons (Fsp3) is 0.500. The van der Waals surface area contributed by atoms with Gasteiger partial charge < -0.3 is 0 Å². The van der Waals surface area contributed by atoms with Crippen LogP contribution in [-0.2, 0) is 16.6 Å². The highest BCUT2D eigenvalue weighted by atomic mass is 79.9. The van der Waals surface area contributed by atoms with Gasteiger partial charge in [0.2, 0.25) is 10.0 Å². The van der Waals surface area contributed by atoms with Gasteiger partial charge in [0, 0.05) is 16.3 Å². The van der Waals surface area contributed by atoms with Gasteiger partial charge >= 0.3 is 0 Å². The van der Waals surface area contributed by atoms with Crippen molar-refractivity contribution in [2.45, 2.75) is 20.4 Å². The van der Waals surface area contributed by atoms with Crippen LogP contribution in [0.3, 0.4) is 0 Å². The van der Waals surface area contributed by atoms with Gasteiger partial charge in [0.1, 0.15) is 4.66 Å². The quantitative estimate of drug-likeness (QED) is 0.866. The van der Waals surface area contributed by atoms with Crippen LogP contribution < -0.4 is 4.72 Å². The van der Waals surface area contributed by atoms with E-state index in [1.54, 1.807) is 11.3 Å². The first-order valence-electron chi connectivity index (χ1n) is 4.04. The summed E-state index contributed by atoms with van der Waals surface area (Å²) in [7, 11) is -3.15. The van der Waals surface area contributed by atoms with Gasteiger partial charge in [-0.1, -0.05) is 15.9 Å². The number of aryl methyl sites for hydroxylation is 2. The van der Waals surface area contributed by atoms with Crippen molar-refractivity contribution in [3.05, 3.63) is 21.4 Å². The minimum Gasteiger partial charge on any atom is -0.212 e. The van der Waals surface area contributed by atoms with E-state index in [0.29, 0.717) is 6.54 Å². The number of alkyl halides is 1. The standard InChI is InChI=1S/C8H12BrNO2S2/c1-6-3-8(13-7(6)2)4-10-14(11,12)5-9/h3,10H,4-5H2,1-2H3. The SMILES string of the molecule is Cc1cc(CNS(=O)(=O)CBr)sc1C. The lowest BCUT2D eigenvalue weighted by Crippen LogP contribution is -2.23. The lowest BCUT2D eigenvalue weighted by atomic mass is 10.3. The van der Waals surface area contributed by atoms with E-state index in [1.165, 1.54) is 10.4 Å². The molecule has 1 aromatic heterocycles. The smallest absolute Gasteiger partial charge is 0.212 e. The zero-order valence-electron chi connectivity index (χ0n) is 8.00. The summed E-state index contributed by atoms with van der Waals surface area (Å²) in [6, 6.07) is 2.01. The third kappa shape index (κ3) is 3.34. The normalized spacial score (nSPS) is 11.9. The molecule has 1 aromatic rings. The molecule has 0 aliphatic rings. The number of nitrogens with one attached hydrogen (secondary N) is 1. The predicted octanol–water partition coefficient (Wildman–Crippen LogP) is 2.14. The number of halogens is 1. The van der Waals surface area contributed by atoms with E-state index < -0.39 is 10.0 Å². The minimum atomic E-state index is -3.15. The van der Waals surface area contributed by atoms with Crippen molar-refractivity contribution >= 4 is 37.3 Å². The first kappa shape index (κ1) is 12.2. The van der Waals surface area contributed by atoms with E-state index in [0.717, 1.165) is 4.88 Å². The zero-order chi connectivity index (χ0) is 10.8. The van der Waals surface area contributed by atoms with Gasteiger partial charge in [-0.25, -0.2) is 13.1 Å². The first-order chi connectivity index (χ1) is 6.44. The van der Waals surface area contributed by atoms with Crippen molar-refractivity contribution < 1.29 is 8.42 Å². The molecule has 0 radical (unpaired) electrons. The number of rotatable bonds is 4. The maximum Gasteiger partial charge on any atom is 0.221 e. The van der Waals surface area contributed by atoms with Crippen LogP contribution in [0.15, 0.2) is 6.07 Å². The second-order valence-corrected chi connectivity index (χ2v) is 7.45. The van der Waals surface area contributed by atoms with Gasteiger partial charge in [-0.15, -0.1) is 11.3 Å². The second kappa shape index (κ2) is 4.74. The van der Waals surface area contributed by atoms with Crippen LogP contribution in [0.5, 0.6) is 0 Å². The molecule has 0 spiro atoms. The van der Waals surface area contributed by atoms with Crippen LogP contribution >= 0.6 is 27.3 Å². The molecule has 80 valence electrons. The maximum absolute atomic E-state index is 11.1. The molecule has 0 aliphatic heterocycles. The number of sulfonamides is 1. The average Bonchev–Trinajstić information content (AvgIpc) is 2.44. The fourth-order valence-electron chi connectivity index (χ4n) is 0.956. The van der Waals surface area contributed by atoms with Gasteiger partial charge in [0.05, 0.1) is 0 Å². The minimum absolute atomic E-state index is 0.0522. The largest absolute Gasteiger partial charge is 0.221 e. The second-order valence-electron chi connectivity index (χ2n) is 3.00. The van der Waals surface area contributed by atoms with E-state index >= 15 is 0 Å². The predicted molar refractivity (Wildman–Crippen MR) is 63.3 cm³/mol. The van der Waals surface area contributed by atoms with Crippen molar-refractivity contribution in [1.82, 2.24) is 4.72 Å². The average molecular weight is 298 g/mol. The Morgan fingerprint density at radius 3 is 2.57 bits per heavy atom. The summed E-state index contributed by atoms with van der Waals surface area (Å²) in [5.41, 5.74) is 1.21. The molecular weight excluding hydrogens is 286 g/mol. The van der Waals surface area contributed by atoms with Gasteiger partial charge in [0.25, 0.3) is 0 Å². The molecule has 0 amide bonds. The van der Waals surface area contributed by atoms with E-state index in [-0.39, 0.29) is 4.66 Å². The van der Waals surface area contributed by atoms with Crippen molar-refractivity contribution in [1.29, 1.82) is 0 Å². The molecule has 0 atom stereocenters. The summed E-state index contributed by atoms with van der Waals surface area (Å²) in [5, 5.41) is 0. The highest BCUT2D eigenvalue weighted by Crippen LogP contribution is 2.20. The highest BCUT2D eigenvalue weighted by molar-refractivity contribution is 9.10. The summed E-state index contributed by atoms with van der Waals surface area (Å²) in [6.07, 6.45) is 0. The van der Waals surface area contributed by atoms with Crippen LogP contribution in [0.2, 0.25) is 0 Å². The molecule has 0 fully saturated rings. The summed E-state index contributed by atoms with van der Waals surface area (Å²) in [5.74, 6) is 0. The van der Waals surface area contributed by atoms with Crippen LogP contribution in [-0.4, -0.2) is 13.1 Å². The Morgan fingerprint density at radius 2 is 2.14 bits per heavy atom. The highest BCUT2D eigenvalue weighted by Gasteiger charge is 2.08. The lowest BCUT2D eigenvalue weighted by molar-refractivity contribution is 0.587. The van der Waals surface area contributed by atoms with Crippen LogP contribution in [0.25, 0.3) is 0 Å². The molecule has 14 heavy (non-hydrogen) atoms. The summed E-state index contributed by atoms with van der Waals surface area (Å²) >= 11 is 4.54. The molecule has 0 aliphatic carbocycles. The van der Waals surface area contributed by atoms with Crippen molar-refractivity contribution in [3.8, 4) is 0 Å². The molecule has 3 nitrogen and oxygen atoms in total. The summed E-state index contributed by atoms with van der Waals surface area (Å²) in [4.78, 5) is 2.28. The molecule has 0 bridgehead atoms. The molecule has 6 heteroatoms. The molecule has 1 heterocycles. The molecule has 1 N–H and O–H groups in total. The monoisotopic (exact) mass is 297 g/mol. The maximum atomic E-state index is 11.1. The van der Waals surface area contributed by atoms with Crippen molar-refractivity contribution in [2.24, 2.45) is 0 Å². The summed E-state index contributed by atoms with van der Waals surface area (Å²) < 4.78 is 24.7. The fourth-order valence-corrected chi connectivity index (χ4v) is 2.98. The molecule has 0 saturated heterocycles. The van der Waals surface area contributed by atoms with Gasteiger partial charge in [-0.2, -0.15) is 0 Å². The topological polar surface area (TPSA) is 46.2 Å². The Hall–Kier alpha value is 0.0900. The van der Waals surface area contributed by atoms with Crippen LogP contribution in [0, 0.1) is 13.8 Å². The molecular formula is C8H12BrNO2S2. The third-order valence-corrected chi connectivity index (χ3v) is 5.66. The number of hydrogen-bond donors (Lipinski definition) is 1. The third-order valence-electron chi connectivity index (χ3n) is 1.83. The molecule has 0 aromatic carbocycles. The Bertz CT molecular complexity index is 391. The van der Waals surface area contributed by atoms with E-state index in [9.17, 15) is 8.42 Å². The summed E-state index contributed by atoms with van der Waals surface area (Å²) in [6.45, 7) is 4.43. The Balaban J connectivity index is 2.63. The van der Waals surface area contributed by atoms with Gasteiger partial charge in [0.15, 0.2) is 0 Å².